The van der Waals surface area contributed by atoms with Crippen LogP contribution < -0.4 is 0 Å². The van der Waals surface area contributed by atoms with Gasteiger partial charge in [0, 0.05) is 49.3 Å². The van der Waals surface area contributed by atoms with Crippen molar-refractivity contribution in [2.75, 3.05) is 0 Å². The Labute approximate surface area is 325 Å². The Bertz CT molecular complexity index is 3510. The van der Waals surface area contributed by atoms with Gasteiger partial charge in [0.15, 0.2) is 11.6 Å². The first-order valence-electron chi connectivity index (χ1n) is 19.0. The van der Waals surface area contributed by atoms with Crippen LogP contribution in [0.5, 0.6) is 0 Å². The van der Waals surface area contributed by atoms with Crippen molar-refractivity contribution in [2.24, 2.45) is 0 Å². The Morgan fingerprint density at radius 2 is 1.04 bits per heavy atom. The first kappa shape index (κ1) is 31.5. The highest BCUT2D eigenvalue weighted by atomic mass is 16.3. The van der Waals surface area contributed by atoms with E-state index < -0.39 is 0 Å². The van der Waals surface area contributed by atoms with E-state index in [0.29, 0.717) is 17.6 Å². The van der Waals surface area contributed by atoms with E-state index in [0.717, 1.165) is 93.8 Å². The third-order valence-corrected chi connectivity index (χ3v) is 11.0. The van der Waals surface area contributed by atoms with Gasteiger partial charge in [0.1, 0.15) is 17.0 Å². The zero-order valence-electron chi connectivity index (χ0n) is 30.4. The third-order valence-electron chi connectivity index (χ3n) is 11.0. The summed E-state index contributed by atoms with van der Waals surface area (Å²) in [7, 11) is 0. The molecule has 0 saturated heterocycles. The Balaban J connectivity index is 1.14. The van der Waals surface area contributed by atoms with Gasteiger partial charge in [-0.3, -0.25) is 9.13 Å². The molecule has 0 aliphatic carbocycles. The monoisotopic (exact) mass is 730 g/mol. The summed E-state index contributed by atoms with van der Waals surface area (Å²) in [5.41, 5.74) is 9.43. The SMILES string of the molecule is c1ccc(-c2nc(-c3ccc4c(c3)oc3ccccc34)nc(-n3c4ccccc4c4cc5ccc6c(nc(-c7ccccc7)n6-c6ccccc6)c5cc43)n2)cc1. The molecule has 0 bridgehead atoms. The minimum Gasteiger partial charge on any atom is -0.456 e. The summed E-state index contributed by atoms with van der Waals surface area (Å²) >= 11 is 0. The van der Waals surface area contributed by atoms with E-state index >= 15 is 0 Å². The number of nitrogens with zero attached hydrogens (tertiary/aromatic N) is 6. The molecule has 0 unspecified atom stereocenters. The molecule has 266 valence electrons. The van der Waals surface area contributed by atoms with Crippen LogP contribution in [0.25, 0.3) is 111 Å². The van der Waals surface area contributed by atoms with Gasteiger partial charge in [0.05, 0.1) is 22.1 Å². The van der Waals surface area contributed by atoms with Gasteiger partial charge in [-0.2, -0.15) is 9.97 Å². The summed E-state index contributed by atoms with van der Waals surface area (Å²) in [4.78, 5) is 20.9. The van der Waals surface area contributed by atoms with Gasteiger partial charge in [-0.15, -0.1) is 0 Å². The van der Waals surface area contributed by atoms with Crippen LogP contribution in [0.4, 0.5) is 0 Å². The molecule has 0 atom stereocenters. The summed E-state index contributed by atoms with van der Waals surface area (Å²) in [6, 6.07) is 62.7. The highest BCUT2D eigenvalue weighted by Gasteiger charge is 2.22. The third kappa shape index (κ3) is 4.92. The van der Waals surface area contributed by atoms with Crippen LogP contribution in [0.2, 0.25) is 0 Å². The molecule has 0 radical (unpaired) electrons. The van der Waals surface area contributed by atoms with Crippen molar-refractivity contribution in [3.8, 4) is 45.8 Å². The second kappa shape index (κ2) is 12.3. The molecule has 0 spiro atoms. The van der Waals surface area contributed by atoms with Crippen LogP contribution in [-0.4, -0.2) is 29.1 Å². The largest absolute Gasteiger partial charge is 0.456 e. The van der Waals surface area contributed by atoms with E-state index in [9.17, 15) is 0 Å². The number of hydrogen-bond donors (Lipinski definition) is 0. The van der Waals surface area contributed by atoms with Crippen molar-refractivity contribution in [2.45, 2.75) is 0 Å². The smallest absolute Gasteiger partial charge is 0.238 e. The van der Waals surface area contributed by atoms with E-state index in [1.54, 1.807) is 0 Å². The lowest BCUT2D eigenvalue weighted by molar-refractivity contribution is 0.669. The molecule has 0 N–H and O–H groups in total. The molecule has 4 aromatic heterocycles. The van der Waals surface area contributed by atoms with E-state index in [1.165, 1.54) is 0 Å². The molecule has 0 aliphatic heterocycles. The number of aromatic nitrogens is 6. The van der Waals surface area contributed by atoms with Crippen LogP contribution >= 0.6 is 0 Å². The van der Waals surface area contributed by atoms with Crippen LogP contribution in [-0.2, 0) is 0 Å². The maximum atomic E-state index is 6.31. The Morgan fingerprint density at radius 3 is 1.84 bits per heavy atom. The van der Waals surface area contributed by atoms with Gasteiger partial charge in [-0.25, -0.2) is 9.97 Å². The summed E-state index contributed by atoms with van der Waals surface area (Å²) in [6.45, 7) is 0. The number of rotatable bonds is 5. The predicted molar refractivity (Wildman–Crippen MR) is 230 cm³/mol. The van der Waals surface area contributed by atoms with Crippen LogP contribution in [0, 0.1) is 0 Å². The quantitative estimate of drug-likeness (QED) is 0.176. The van der Waals surface area contributed by atoms with Crippen molar-refractivity contribution in [1.29, 1.82) is 0 Å². The lowest BCUT2D eigenvalue weighted by Gasteiger charge is -2.11. The van der Waals surface area contributed by atoms with Crippen molar-refractivity contribution < 1.29 is 4.42 Å². The lowest BCUT2D eigenvalue weighted by Crippen LogP contribution is -2.06. The Morgan fingerprint density at radius 1 is 0.368 bits per heavy atom. The molecule has 12 rings (SSSR count). The van der Waals surface area contributed by atoms with Crippen LogP contribution in [0.15, 0.2) is 186 Å². The maximum absolute atomic E-state index is 6.31. The minimum atomic E-state index is 0.529. The molecular weight excluding hydrogens is 701 g/mol. The highest BCUT2D eigenvalue weighted by molar-refractivity contribution is 6.17. The first-order chi connectivity index (χ1) is 28.2. The Kier molecular flexibility index (Phi) is 6.79. The van der Waals surface area contributed by atoms with E-state index in [-0.39, 0.29) is 0 Å². The fraction of sp³-hybridized carbons (Fsp3) is 0. The predicted octanol–water partition coefficient (Wildman–Crippen LogP) is 12.4. The molecule has 0 saturated carbocycles. The zero-order valence-corrected chi connectivity index (χ0v) is 30.4. The minimum absolute atomic E-state index is 0.529. The van der Waals surface area contributed by atoms with Gasteiger partial charge in [-0.05, 0) is 60.0 Å². The van der Waals surface area contributed by atoms with E-state index in [1.807, 2.05) is 66.7 Å². The molecule has 0 amide bonds. The van der Waals surface area contributed by atoms with Crippen molar-refractivity contribution in [1.82, 2.24) is 29.1 Å². The zero-order chi connectivity index (χ0) is 37.5. The highest BCUT2D eigenvalue weighted by Crippen LogP contribution is 2.39. The van der Waals surface area contributed by atoms with Crippen LogP contribution in [0.1, 0.15) is 0 Å². The van der Waals surface area contributed by atoms with Gasteiger partial charge < -0.3 is 4.42 Å². The van der Waals surface area contributed by atoms with Crippen LogP contribution in [0.3, 0.4) is 0 Å². The second-order valence-corrected chi connectivity index (χ2v) is 14.3. The van der Waals surface area contributed by atoms with Crippen molar-refractivity contribution in [3.63, 3.8) is 0 Å². The fourth-order valence-electron chi connectivity index (χ4n) is 8.34. The number of benzene rings is 8. The second-order valence-electron chi connectivity index (χ2n) is 14.3. The Hall–Kier alpha value is -7.90. The topological polar surface area (TPSA) is 74.6 Å². The number of hydrogen-bond acceptors (Lipinski definition) is 5. The molecule has 7 heteroatoms. The number of imidazole rings is 1. The average Bonchev–Trinajstić information content (AvgIpc) is 3.96. The molecule has 8 aromatic carbocycles. The van der Waals surface area contributed by atoms with Gasteiger partial charge in [0.2, 0.25) is 5.95 Å². The summed E-state index contributed by atoms with van der Waals surface area (Å²) in [6.07, 6.45) is 0. The molecular formula is C50H30N6O. The van der Waals surface area contributed by atoms with Gasteiger partial charge >= 0.3 is 0 Å². The molecule has 0 fully saturated rings. The van der Waals surface area contributed by atoms with E-state index in [2.05, 4.69) is 124 Å². The summed E-state index contributed by atoms with van der Waals surface area (Å²) in [5.74, 6) is 2.56. The van der Waals surface area contributed by atoms with Crippen molar-refractivity contribution >= 4 is 65.6 Å². The molecule has 7 nitrogen and oxygen atoms in total. The van der Waals surface area contributed by atoms with Gasteiger partial charge in [-0.1, -0.05) is 127 Å². The normalized spacial score (nSPS) is 11.9. The first-order valence-corrected chi connectivity index (χ1v) is 19.0. The fourth-order valence-corrected chi connectivity index (χ4v) is 8.34. The summed E-state index contributed by atoms with van der Waals surface area (Å²) < 4.78 is 10.7. The van der Waals surface area contributed by atoms with Gasteiger partial charge in [0.25, 0.3) is 0 Å². The maximum Gasteiger partial charge on any atom is 0.238 e. The average molecular weight is 731 g/mol. The van der Waals surface area contributed by atoms with E-state index in [4.69, 9.17) is 24.4 Å². The molecule has 12 aromatic rings. The number of para-hydroxylation sites is 3. The number of furan rings is 1. The molecule has 4 heterocycles. The molecule has 57 heavy (non-hydrogen) atoms. The molecule has 0 aliphatic rings. The lowest BCUT2D eigenvalue weighted by atomic mass is 10.0. The van der Waals surface area contributed by atoms with Crippen molar-refractivity contribution in [3.05, 3.63) is 182 Å². The number of fused-ring (bicyclic) bond motifs is 9. The standard InChI is InChI=1S/C50H30N6O/c1-4-14-31(15-5-1)47-52-48(34-24-26-38-37-21-11-13-23-44(37)57-45(38)29-34)54-50(53-47)56-41-22-12-10-20-36(41)40-28-33-25-27-42-46(39(33)30-43(40)56)51-49(32-16-6-2-7-17-32)55(42)35-18-8-3-9-19-35/h1-30H. The summed E-state index contributed by atoms with van der Waals surface area (Å²) in [5, 5.41) is 6.50.